The molecule has 1 saturated heterocycles. The molecule has 0 spiro atoms. The SMILES string of the molecule is CC(C)N(C)CCNC1CCOC(C)(C)C1. The van der Waals surface area contributed by atoms with Gasteiger partial charge in [-0.25, -0.2) is 0 Å². The van der Waals surface area contributed by atoms with Crippen LogP contribution in [0.2, 0.25) is 0 Å². The van der Waals surface area contributed by atoms with Crippen LogP contribution in [-0.2, 0) is 4.74 Å². The van der Waals surface area contributed by atoms with Crippen molar-refractivity contribution in [3.63, 3.8) is 0 Å². The molecule has 3 nitrogen and oxygen atoms in total. The van der Waals surface area contributed by atoms with Crippen molar-refractivity contribution < 1.29 is 4.74 Å². The number of ether oxygens (including phenoxy) is 1. The van der Waals surface area contributed by atoms with E-state index < -0.39 is 0 Å². The van der Waals surface area contributed by atoms with Gasteiger partial charge in [0.1, 0.15) is 0 Å². The van der Waals surface area contributed by atoms with Gasteiger partial charge in [-0.3, -0.25) is 0 Å². The third-order valence-corrected chi connectivity index (χ3v) is 3.48. The second-order valence-corrected chi connectivity index (χ2v) is 5.83. The van der Waals surface area contributed by atoms with Crippen LogP contribution < -0.4 is 5.32 Å². The summed E-state index contributed by atoms with van der Waals surface area (Å²) < 4.78 is 5.71. The van der Waals surface area contributed by atoms with E-state index in [0.29, 0.717) is 12.1 Å². The van der Waals surface area contributed by atoms with Crippen molar-refractivity contribution >= 4 is 0 Å². The Morgan fingerprint density at radius 2 is 2.12 bits per heavy atom. The molecule has 1 rings (SSSR count). The first kappa shape index (κ1) is 13.9. The molecule has 0 saturated carbocycles. The molecular formula is C13H28N2O. The molecular weight excluding hydrogens is 200 g/mol. The first-order valence-corrected chi connectivity index (χ1v) is 6.48. The normalized spacial score (nSPS) is 25.3. The summed E-state index contributed by atoms with van der Waals surface area (Å²) in [5, 5.41) is 3.64. The van der Waals surface area contributed by atoms with Crippen LogP contribution in [0, 0.1) is 0 Å². The zero-order chi connectivity index (χ0) is 12.2. The fraction of sp³-hybridized carbons (Fsp3) is 1.00. The van der Waals surface area contributed by atoms with E-state index in [4.69, 9.17) is 4.74 Å². The van der Waals surface area contributed by atoms with Gasteiger partial charge in [0.2, 0.25) is 0 Å². The molecule has 0 radical (unpaired) electrons. The summed E-state index contributed by atoms with van der Waals surface area (Å²) >= 11 is 0. The summed E-state index contributed by atoms with van der Waals surface area (Å²) in [6.45, 7) is 11.9. The zero-order valence-electron chi connectivity index (χ0n) is 11.5. The van der Waals surface area contributed by atoms with Crippen molar-refractivity contribution in [2.24, 2.45) is 0 Å². The molecule has 96 valence electrons. The molecule has 0 aromatic carbocycles. The van der Waals surface area contributed by atoms with E-state index >= 15 is 0 Å². The van der Waals surface area contributed by atoms with Crippen LogP contribution in [0.5, 0.6) is 0 Å². The molecule has 0 aliphatic carbocycles. The number of hydrogen-bond acceptors (Lipinski definition) is 3. The maximum Gasteiger partial charge on any atom is 0.0641 e. The highest BCUT2D eigenvalue weighted by molar-refractivity contribution is 4.83. The van der Waals surface area contributed by atoms with E-state index in [0.717, 1.165) is 32.5 Å². The van der Waals surface area contributed by atoms with Crippen LogP contribution in [0.1, 0.15) is 40.5 Å². The van der Waals surface area contributed by atoms with Crippen LogP contribution in [0.15, 0.2) is 0 Å². The van der Waals surface area contributed by atoms with Crippen LogP contribution in [0.3, 0.4) is 0 Å². The largest absolute Gasteiger partial charge is 0.375 e. The van der Waals surface area contributed by atoms with Crippen molar-refractivity contribution in [1.82, 2.24) is 10.2 Å². The average Bonchev–Trinajstić information content (AvgIpc) is 2.15. The predicted molar refractivity (Wildman–Crippen MR) is 68.8 cm³/mol. The topological polar surface area (TPSA) is 24.5 Å². The number of likely N-dealkylation sites (N-methyl/N-ethyl adjacent to an activating group) is 1. The Hall–Kier alpha value is -0.120. The third kappa shape index (κ3) is 4.81. The van der Waals surface area contributed by atoms with E-state index in [1.165, 1.54) is 0 Å². The molecule has 0 amide bonds. The summed E-state index contributed by atoms with van der Waals surface area (Å²) in [6, 6.07) is 1.26. The van der Waals surface area contributed by atoms with Gasteiger partial charge >= 0.3 is 0 Å². The highest BCUT2D eigenvalue weighted by Crippen LogP contribution is 2.23. The number of hydrogen-bond donors (Lipinski definition) is 1. The van der Waals surface area contributed by atoms with Crippen molar-refractivity contribution in [1.29, 1.82) is 0 Å². The Balaban J connectivity index is 2.18. The summed E-state index contributed by atoms with van der Waals surface area (Å²) in [4.78, 5) is 2.37. The van der Waals surface area contributed by atoms with Gasteiger partial charge in [0.25, 0.3) is 0 Å². The lowest BCUT2D eigenvalue weighted by molar-refractivity contribution is -0.0629. The van der Waals surface area contributed by atoms with E-state index in [1.807, 2.05) is 0 Å². The third-order valence-electron chi connectivity index (χ3n) is 3.48. The number of nitrogens with one attached hydrogen (secondary N) is 1. The quantitative estimate of drug-likeness (QED) is 0.777. The van der Waals surface area contributed by atoms with Gasteiger partial charge in [-0.2, -0.15) is 0 Å². The predicted octanol–water partition coefficient (Wildman–Crippen LogP) is 1.87. The van der Waals surface area contributed by atoms with Gasteiger partial charge in [-0.05, 0) is 47.6 Å². The van der Waals surface area contributed by atoms with Gasteiger partial charge < -0.3 is 15.0 Å². The number of rotatable bonds is 5. The molecule has 0 aromatic rings. The highest BCUT2D eigenvalue weighted by Gasteiger charge is 2.28. The molecule has 3 heteroatoms. The molecule has 1 fully saturated rings. The Bertz CT molecular complexity index is 204. The fourth-order valence-electron chi connectivity index (χ4n) is 2.11. The van der Waals surface area contributed by atoms with Gasteiger partial charge in [-0.1, -0.05) is 0 Å². The summed E-state index contributed by atoms with van der Waals surface area (Å²) in [5.74, 6) is 0. The first-order chi connectivity index (χ1) is 7.41. The molecule has 1 unspecified atom stereocenters. The van der Waals surface area contributed by atoms with Crippen molar-refractivity contribution in [3.8, 4) is 0 Å². The second kappa shape index (κ2) is 5.99. The summed E-state index contributed by atoms with van der Waals surface area (Å²) in [5.41, 5.74) is 0.0554. The molecule has 0 bridgehead atoms. The van der Waals surface area contributed by atoms with Gasteiger partial charge in [0, 0.05) is 31.8 Å². The first-order valence-electron chi connectivity index (χ1n) is 6.48. The maximum atomic E-state index is 5.71. The van der Waals surface area contributed by atoms with Crippen LogP contribution in [0.4, 0.5) is 0 Å². The molecule has 1 aliphatic heterocycles. The van der Waals surface area contributed by atoms with E-state index in [1.54, 1.807) is 0 Å². The lowest BCUT2D eigenvalue weighted by Crippen LogP contribution is -2.45. The summed E-state index contributed by atoms with van der Waals surface area (Å²) in [7, 11) is 2.18. The monoisotopic (exact) mass is 228 g/mol. The second-order valence-electron chi connectivity index (χ2n) is 5.83. The van der Waals surface area contributed by atoms with Crippen LogP contribution in [-0.4, -0.2) is 49.3 Å². The lowest BCUT2D eigenvalue weighted by Gasteiger charge is -2.36. The standard InChI is InChI=1S/C13H28N2O/c1-11(2)15(5)8-7-14-12-6-9-16-13(3,4)10-12/h11-12,14H,6-10H2,1-5H3. The molecule has 1 N–H and O–H groups in total. The zero-order valence-corrected chi connectivity index (χ0v) is 11.5. The minimum Gasteiger partial charge on any atom is -0.375 e. The Morgan fingerprint density at radius 1 is 1.44 bits per heavy atom. The molecule has 16 heavy (non-hydrogen) atoms. The minimum absolute atomic E-state index is 0.0554. The lowest BCUT2D eigenvalue weighted by atomic mass is 9.94. The maximum absolute atomic E-state index is 5.71. The van der Waals surface area contributed by atoms with Gasteiger partial charge in [0.05, 0.1) is 5.60 Å². The van der Waals surface area contributed by atoms with E-state index in [2.05, 4.69) is 45.0 Å². The van der Waals surface area contributed by atoms with Crippen molar-refractivity contribution in [2.45, 2.75) is 58.2 Å². The van der Waals surface area contributed by atoms with E-state index in [-0.39, 0.29) is 5.60 Å². The van der Waals surface area contributed by atoms with Crippen molar-refractivity contribution in [2.75, 3.05) is 26.7 Å². The molecule has 0 aromatic heterocycles. The number of nitrogens with zero attached hydrogens (tertiary/aromatic N) is 1. The molecule has 1 heterocycles. The smallest absolute Gasteiger partial charge is 0.0641 e. The summed E-state index contributed by atoms with van der Waals surface area (Å²) in [6.07, 6.45) is 2.27. The van der Waals surface area contributed by atoms with E-state index in [9.17, 15) is 0 Å². The Kier molecular flexibility index (Phi) is 5.22. The fourth-order valence-corrected chi connectivity index (χ4v) is 2.11. The highest BCUT2D eigenvalue weighted by atomic mass is 16.5. The average molecular weight is 228 g/mol. The van der Waals surface area contributed by atoms with Gasteiger partial charge in [0.15, 0.2) is 0 Å². The van der Waals surface area contributed by atoms with Crippen molar-refractivity contribution in [3.05, 3.63) is 0 Å². The van der Waals surface area contributed by atoms with Crippen LogP contribution >= 0.6 is 0 Å². The Labute approximate surface area is 101 Å². The molecule has 1 atom stereocenters. The van der Waals surface area contributed by atoms with Gasteiger partial charge in [-0.15, -0.1) is 0 Å². The van der Waals surface area contributed by atoms with Crippen LogP contribution in [0.25, 0.3) is 0 Å². The molecule has 1 aliphatic rings. The minimum atomic E-state index is 0.0554. The Morgan fingerprint density at radius 3 is 2.69 bits per heavy atom.